The van der Waals surface area contributed by atoms with Crippen LogP contribution in [-0.2, 0) is 6.42 Å². The maximum absolute atomic E-state index is 5.51. The van der Waals surface area contributed by atoms with Gasteiger partial charge in [0.25, 0.3) is 0 Å². The quantitative estimate of drug-likeness (QED) is 0.786. The lowest BCUT2D eigenvalue weighted by Gasteiger charge is -2.23. The fraction of sp³-hybridized carbons (Fsp3) is 0.500. The van der Waals surface area contributed by atoms with Crippen LogP contribution >= 0.6 is 11.8 Å². The minimum Gasteiger partial charge on any atom is -0.493 e. The Balaban J connectivity index is 1.85. The van der Waals surface area contributed by atoms with E-state index in [-0.39, 0.29) is 0 Å². The molecule has 3 rings (SSSR count). The Hall–Kier alpha value is -0.670. The molecule has 1 aromatic rings. The SMILES string of the molecule is c1cc2c(cc1C1NCCCS1)CCO2. The van der Waals surface area contributed by atoms with E-state index in [2.05, 4.69) is 23.5 Å². The number of hydrogen-bond donors (Lipinski definition) is 1. The minimum absolute atomic E-state index is 0.490. The summed E-state index contributed by atoms with van der Waals surface area (Å²) >= 11 is 2.01. The normalized spacial score (nSPS) is 24.7. The first-order chi connectivity index (χ1) is 7.43. The Bertz CT molecular complexity index is 361. The maximum atomic E-state index is 5.51. The number of fused-ring (bicyclic) bond motifs is 1. The molecular weight excluding hydrogens is 206 g/mol. The highest BCUT2D eigenvalue weighted by molar-refractivity contribution is 7.99. The summed E-state index contributed by atoms with van der Waals surface area (Å²) in [4.78, 5) is 0. The van der Waals surface area contributed by atoms with Gasteiger partial charge in [0.15, 0.2) is 0 Å². The van der Waals surface area contributed by atoms with Crippen LogP contribution in [0.15, 0.2) is 18.2 Å². The number of benzene rings is 1. The van der Waals surface area contributed by atoms with E-state index in [0.717, 1.165) is 25.3 Å². The van der Waals surface area contributed by atoms with Crippen molar-refractivity contribution in [3.05, 3.63) is 29.3 Å². The molecule has 0 amide bonds. The first-order valence-electron chi connectivity index (χ1n) is 5.54. The summed E-state index contributed by atoms with van der Waals surface area (Å²) in [6.45, 7) is 2.00. The third-order valence-corrected chi connectivity index (χ3v) is 4.25. The summed E-state index contributed by atoms with van der Waals surface area (Å²) in [5.74, 6) is 2.35. The van der Waals surface area contributed by atoms with Crippen LogP contribution in [0.25, 0.3) is 0 Å². The molecule has 0 spiro atoms. The molecule has 15 heavy (non-hydrogen) atoms. The van der Waals surface area contributed by atoms with Gasteiger partial charge in [0.05, 0.1) is 12.0 Å². The van der Waals surface area contributed by atoms with E-state index in [0.29, 0.717) is 5.37 Å². The fourth-order valence-electron chi connectivity index (χ4n) is 2.15. The number of ether oxygens (including phenoxy) is 1. The third-order valence-electron chi connectivity index (χ3n) is 2.95. The summed E-state index contributed by atoms with van der Waals surface area (Å²) in [6, 6.07) is 6.62. The molecule has 1 saturated heterocycles. The van der Waals surface area contributed by atoms with Crippen LogP contribution in [0.2, 0.25) is 0 Å². The summed E-state index contributed by atoms with van der Waals surface area (Å²) in [5.41, 5.74) is 2.78. The van der Waals surface area contributed by atoms with Crippen molar-refractivity contribution < 1.29 is 4.74 Å². The molecule has 1 unspecified atom stereocenters. The molecule has 1 N–H and O–H groups in total. The van der Waals surface area contributed by atoms with E-state index in [1.165, 1.54) is 23.3 Å². The van der Waals surface area contributed by atoms with E-state index in [9.17, 15) is 0 Å². The topological polar surface area (TPSA) is 21.3 Å². The van der Waals surface area contributed by atoms with Gasteiger partial charge in [0, 0.05) is 6.42 Å². The van der Waals surface area contributed by atoms with E-state index >= 15 is 0 Å². The number of hydrogen-bond acceptors (Lipinski definition) is 3. The molecule has 3 heteroatoms. The van der Waals surface area contributed by atoms with Crippen LogP contribution < -0.4 is 10.1 Å². The number of nitrogens with one attached hydrogen (secondary N) is 1. The zero-order valence-corrected chi connectivity index (χ0v) is 9.48. The van der Waals surface area contributed by atoms with E-state index in [1.54, 1.807) is 0 Å². The van der Waals surface area contributed by atoms with Crippen LogP contribution in [-0.4, -0.2) is 18.9 Å². The Labute approximate surface area is 94.4 Å². The second-order valence-electron chi connectivity index (χ2n) is 4.02. The van der Waals surface area contributed by atoms with Crippen molar-refractivity contribution in [1.82, 2.24) is 5.32 Å². The summed E-state index contributed by atoms with van der Waals surface area (Å²) in [5, 5.41) is 4.04. The van der Waals surface area contributed by atoms with E-state index in [1.807, 2.05) is 11.8 Å². The average molecular weight is 221 g/mol. The van der Waals surface area contributed by atoms with Gasteiger partial charge >= 0.3 is 0 Å². The van der Waals surface area contributed by atoms with Crippen molar-refractivity contribution >= 4 is 11.8 Å². The van der Waals surface area contributed by atoms with Crippen LogP contribution in [0.5, 0.6) is 5.75 Å². The van der Waals surface area contributed by atoms with Gasteiger partial charge in [0.1, 0.15) is 5.75 Å². The van der Waals surface area contributed by atoms with Crippen LogP contribution in [0.4, 0.5) is 0 Å². The molecule has 0 saturated carbocycles. The van der Waals surface area contributed by atoms with Gasteiger partial charge in [-0.1, -0.05) is 6.07 Å². The Morgan fingerprint density at radius 3 is 3.27 bits per heavy atom. The van der Waals surface area contributed by atoms with Gasteiger partial charge in [-0.25, -0.2) is 0 Å². The molecular formula is C12H15NOS. The van der Waals surface area contributed by atoms with Crippen molar-refractivity contribution in [1.29, 1.82) is 0 Å². The van der Waals surface area contributed by atoms with Gasteiger partial charge < -0.3 is 10.1 Å². The van der Waals surface area contributed by atoms with Gasteiger partial charge in [-0.05, 0) is 42.0 Å². The molecule has 2 nitrogen and oxygen atoms in total. The maximum Gasteiger partial charge on any atom is 0.122 e. The lowest BCUT2D eigenvalue weighted by Crippen LogP contribution is -2.25. The van der Waals surface area contributed by atoms with Gasteiger partial charge in [-0.3, -0.25) is 0 Å². The minimum atomic E-state index is 0.490. The average Bonchev–Trinajstić information content (AvgIpc) is 2.77. The highest BCUT2D eigenvalue weighted by Crippen LogP contribution is 2.33. The zero-order valence-electron chi connectivity index (χ0n) is 8.66. The van der Waals surface area contributed by atoms with Gasteiger partial charge in [-0.15, -0.1) is 11.8 Å². The lowest BCUT2D eigenvalue weighted by atomic mass is 10.1. The second-order valence-corrected chi connectivity index (χ2v) is 5.24. The fourth-order valence-corrected chi connectivity index (χ4v) is 3.27. The van der Waals surface area contributed by atoms with E-state index in [4.69, 9.17) is 4.74 Å². The zero-order chi connectivity index (χ0) is 10.1. The van der Waals surface area contributed by atoms with Gasteiger partial charge in [-0.2, -0.15) is 0 Å². The molecule has 2 aliphatic rings. The van der Waals surface area contributed by atoms with Crippen molar-refractivity contribution in [2.45, 2.75) is 18.2 Å². The van der Waals surface area contributed by atoms with Gasteiger partial charge in [0.2, 0.25) is 0 Å². The molecule has 1 fully saturated rings. The Morgan fingerprint density at radius 2 is 2.40 bits per heavy atom. The van der Waals surface area contributed by atoms with Crippen molar-refractivity contribution in [3.8, 4) is 5.75 Å². The highest BCUT2D eigenvalue weighted by atomic mass is 32.2. The first-order valence-corrected chi connectivity index (χ1v) is 6.59. The molecule has 2 aliphatic heterocycles. The standard InChI is InChI=1S/C12H15NOS/c1-5-13-12(15-7-1)10-2-3-11-9(8-10)4-6-14-11/h2-3,8,12-13H,1,4-7H2. The predicted octanol–water partition coefficient (Wildman–Crippen LogP) is 2.35. The summed E-state index contributed by atoms with van der Waals surface area (Å²) in [7, 11) is 0. The molecule has 0 aliphatic carbocycles. The third kappa shape index (κ3) is 1.86. The van der Waals surface area contributed by atoms with Crippen molar-refractivity contribution in [3.63, 3.8) is 0 Å². The smallest absolute Gasteiger partial charge is 0.122 e. The second kappa shape index (κ2) is 4.06. The lowest BCUT2D eigenvalue weighted by molar-refractivity contribution is 0.357. The van der Waals surface area contributed by atoms with Crippen LogP contribution in [0.1, 0.15) is 22.9 Å². The number of thioether (sulfide) groups is 1. The predicted molar refractivity (Wildman–Crippen MR) is 63.5 cm³/mol. The van der Waals surface area contributed by atoms with Crippen molar-refractivity contribution in [2.75, 3.05) is 18.9 Å². The summed E-state index contributed by atoms with van der Waals surface area (Å²) in [6.07, 6.45) is 2.36. The number of rotatable bonds is 1. The highest BCUT2D eigenvalue weighted by Gasteiger charge is 2.18. The summed E-state index contributed by atoms with van der Waals surface area (Å²) < 4.78 is 5.51. The molecule has 0 bridgehead atoms. The van der Waals surface area contributed by atoms with Crippen LogP contribution in [0.3, 0.4) is 0 Å². The molecule has 80 valence electrons. The first kappa shape index (κ1) is 9.55. The van der Waals surface area contributed by atoms with E-state index < -0.39 is 0 Å². The molecule has 0 aromatic heterocycles. The molecule has 2 heterocycles. The van der Waals surface area contributed by atoms with Crippen LogP contribution in [0, 0.1) is 0 Å². The largest absolute Gasteiger partial charge is 0.493 e. The van der Waals surface area contributed by atoms with Crippen molar-refractivity contribution in [2.24, 2.45) is 0 Å². The molecule has 1 aromatic carbocycles. The molecule has 0 radical (unpaired) electrons. The Morgan fingerprint density at radius 1 is 1.40 bits per heavy atom. The monoisotopic (exact) mass is 221 g/mol. The Kier molecular flexibility index (Phi) is 2.59. The molecule has 1 atom stereocenters.